The first-order valence-corrected chi connectivity index (χ1v) is 7.98. The topological polar surface area (TPSA) is 44.9 Å². The Bertz CT molecular complexity index is 762. The van der Waals surface area contributed by atoms with Crippen molar-refractivity contribution in [2.45, 2.75) is 19.4 Å². The Morgan fingerprint density at radius 2 is 2.10 bits per heavy atom. The van der Waals surface area contributed by atoms with E-state index in [2.05, 4.69) is 16.4 Å². The highest BCUT2D eigenvalue weighted by atomic mass is 35.5. The fraction of sp³-hybridized carbons (Fsp3) is 0.188. The van der Waals surface area contributed by atoms with E-state index in [1.54, 1.807) is 0 Å². The Morgan fingerprint density at radius 3 is 2.90 bits per heavy atom. The van der Waals surface area contributed by atoms with Gasteiger partial charge >= 0.3 is 0 Å². The summed E-state index contributed by atoms with van der Waals surface area (Å²) in [5.41, 5.74) is 2.29. The maximum absolute atomic E-state index is 11.9. The standard InChI is InChI=1S/C16H15ClN2OS/c17-15-7-6-12(21-15)10-19-16(20)8-5-11-9-18-14-4-2-1-3-13(11)14/h1-4,6-7,9,18H,5,8,10H2,(H,19,20). The van der Waals surface area contributed by atoms with E-state index >= 15 is 0 Å². The number of fused-ring (bicyclic) bond motifs is 1. The molecule has 0 aliphatic rings. The van der Waals surface area contributed by atoms with E-state index in [9.17, 15) is 4.79 Å². The third-order valence-corrected chi connectivity index (χ3v) is 4.62. The summed E-state index contributed by atoms with van der Waals surface area (Å²) in [4.78, 5) is 16.2. The molecule has 5 heteroatoms. The molecule has 3 rings (SSSR count). The third kappa shape index (κ3) is 3.46. The normalized spacial score (nSPS) is 10.9. The van der Waals surface area contributed by atoms with Crippen LogP contribution in [0.15, 0.2) is 42.6 Å². The van der Waals surface area contributed by atoms with Crippen molar-refractivity contribution in [2.24, 2.45) is 0 Å². The molecule has 2 heterocycles. The average molecular weight is 319 g/mol. The molecule has 1 aromatic carbocycles. The van der Waals surface area contributed by atoms with Crippen molar-refractivity contribution in [1.29, 1.82) is 0 Å². The summed E-state index contributed by atoms with van der Waals surface area (Å²) in [5, 5.41) is 4.12. The highest BCUT2D eigenvalue weighted by Crippen LogP contribution is 2.21. The maximum atomic E-state index is 11.9. The van der Waals surface area contributed by atoms with Crippen molar-refractivity contribution in [3.63, 3.8) is 0 Å². The van der Waals surface area contributed by atoms with Crippen LogP contribution in [0.25, 0.3) is 10.9 Å². The quantitative estimate of drug-likeness (QED) is 0.730. The van der Waals surface area contributed by atoms with Gasteiger partial charge in [-0.2, -0.15) is 0 Å². The maximum Gasteiger partial charge on any atom is 0.220 e. The van der Waals surface area contributed by atoms with Gasteiger partial charge in [0.15, 0.2) is 0 Å². The lowest BCUT2D eigenvalue weighted by molar-refractivity contribution is -0.121. The smallest absolute Gasteiger partial charge is 0.220 e. The van der Waals surface area contributed by atoms with Crippen LogP contribution in [0.2, 0.25) is 4.34 Å². The van der Waals surface area contributed by atoms with Gasteiger partial charge < -0.3 is 10.3 Å². The Balaban J connectivity index is 1.54. The molecule has 0 bridgehead atoms. The van der Waals surface area contributed by atoms with Crippen molar-refractivity contribution in [1.82, 2.24) is 10.3 Å². The van der Waals surface area contributed by atoms with E-state index in [4.69, 9.17) is 11.6 Å². The van der Waals surface area contributed by atoms with Gasteiger partial charge in [0.1, 0.15) is 0 Å². The minimum absolute atomic E-state index is 0.0600. The van der Waals surface area contributed by atoms with E-state index in [-0.39, 0.29) is 5.91 Å². The van der Waals surface area contributed by atoms with Crippen LogP contribution in [-0.2, 0) is 17.8 Å². The SMILES string of the molecule is O=C(CCc1c[nH]c2ccccc12)NCc1ccc(Cl)s1. The number of hydrogen-bond acceptors (Lipinski definition) is 2. The molecule has 0 aliphatic heterocycles. The second-order valence-electron chi connectivity index (χ2n) is 4.84. The first-order chi connectivity index (χ1) is 10.2. The number of carbonyl (C=O) groups excluding carboxylic acids is 1. The predicted molar refractivity (Wildman–Crippen MR) is 87.8 cm³/mol. The summed E-state index contributed by atoms with van der Waals surface area (Å²) < 4.78 is 0.748. The first-order valence-electron chi connectivity index (χ1n) is 6.78. The van der Waals surface area contributed by atoms with Crippen LogP contribution in [0.5, 0.6) is 0 Å². The van der Waals surface area contributed by atoms with Crippen molar-refractivity contribution >= 4 is 39.7 Å². The number of rotatable bonds is 5. The van der Waals surface area contributed by atoms with Crippen LogP contribution in [0.4, 0.5) is 0 Å². The molecular weight excluding hydrogens is 304 g/mol. The van der Waals surface area contributed by atoms with Gasteiger partial charge in [-0.15, -0.1) is 11.3 Å². The molecule has 0 saturated heterocycles. The van der Waals surface area contributed by atoms with Gasteiger partial charge in [0.25, 0.3) is 0 Å². The summed E-state index contributed by atoms with van der Waals surface area (Å²) in [5.74, 6) is 0.0600. The Morgan fingerprint density at radius 1 is 1.24 bits per heavy atom. The van der Waals surface area contributed by atoms with Crippen LogP contribution >= 0.6 is 22.9 Å². The van der Waals surface area contributed by atoms with Gasteiger partial charge in [0.05, 0.1) is 10.9 Å². The largest absolute Gasteiger partial charge is 0.361 e. The second kappa shape index (κ2) is 6.33. The molecule has 0 spiro atoms. The summed E-state index contributed by atoms with van der Waals surface area (Å²) in [6.45, 7) is 0.546. The van der Waals surface area contributed by atoms with Crippen LogP contribution in [-0.4, -0.2) is 10.9 Å². The fourth-order valence-corrected chi connectivity index (χ4v) is 3.33. The van der Waals surface area contributed by atoms with Crippen LogP contribution in [0.1, 0.15) is 16.9 Å². The van der Waals surface area contributed by atoms with Gasteiger partial charge in [-0.3, -0.25) is 4.79 Å². The van der Waals surface area contributed by atoms with Crippen LogP contribution in [0, 0.1) is 0 Å². The number of aromatic nitrogens is 1. The minimum Gasteiger partial charge on any atom is -0.361 e. The van der Waals surface area contributed by atoms with Gasteiger partial charge in [-0.25, -0.2) is 0 Å². The highest BCUT2D eigenvalue weighted by molar-refractivity contribution is 7.16. The molecule has 0 saturated carbocycles. The van der Waals surface area contributed by atoms with Crippen molar-refractivity contribution in [3.8, 4) is 0 Å². The van der Waals surface area contributed by atoms with Crippen molar-refractivity contribution in [3.05, 3.63) is 57.4 Å². The molecule has 3 nitrogen and oxygen atoms in total. The Hall–Kier alpha value is -1.78. The second-order valence-corrected chi connectivity index (χ2v) is 6.64. The van der Waals surface area contributed by atoms with Crippen molar-refractivity contribution < 1.29 is 4.79 Å². The van der Waals surface area contributed by atoms with E-state index < -0.39 is 0 Å². The first kappa shape index (κ1) is 14.2. The molecule has 21 heavy (non-hydrogen) atoms. The number of benzene rings is 1. The fourth-order valence-electron chi connectivity index (χ4n) is 2.31. The van der Waals surface area contributed by atoms with Gasteiger partial charge in [-0.05, 0) is 30.2 Å². The lowest BCUT2D eigenvalue weighted by Gasteiger charge is -2.03. The number of aromatic amines is 1. The van der Waals surface area contributed by atoms with E-state index in [1.165, 1.54) is 22.3 Å². The van der Waals surface area contributed by atoms with Crippen LogP contribution < -0.4 is 5.32 Å². The molecule has 0 unspecified atom stereocenters. The molecule has 0 aliphatic carbocycles. The zero-order valence-electron chi connectivity index (χ0n) is 11.4. The number of para-hydroxylation sites is 1. The zero-order chi connectivity index (χ0) is 14.7. The third-order valence-electron chi connectivity index (χ3n) is 3.38. The number of H-pyrrole nitrogens is 1. The molecule has 2 aromatic heterocycles. The van der Waals surface area contributed by atoms with E-state index in [0.29, 0.717) is 13.0 Å². The number of amides is 1. The zero-order valence-corrected chi connectivity index (χ0v) is 12.9. The predicted octanol–water partition coefficient (Wildman–Crippen LogP) is 4.13. The number of nitrogens with one attached hydrogen (secondary N) is 2. The number of aryl methyl sites for hydroxylation is 1. The molecule has 2 N–H and O–H groups in total. The molecule has 108 valence electrons. The minimum atomic E-state index is 0.0600. The summed E-state index contributed by atoms with van der Waals surface area (Å²) in [6, 6.07) is 11.9. The summed E-state index contributed by atoms with van der Waals surface area (Å²) in [6.07, 6.45) is 3.21. The van der Waals surface area contributed by atoms with E-state index in [0.717, 1.165) is 21.2 Å². The van der Waals surface area contributed by atoms with Crippen LogP contribution in [0.3, 0.4) is 0 Å². The lowest BCUT2D eigenvalue weighted by atomic mass is 10.1. The highest BCUT2D eigenvalue weighted by Gasteiger charge is 2.07. The molecule has 3 aromatic rings. The van der Waals surface area contributed by atoms with Gasteiger partial charge in [-0.1, -0.05) is 29.8 Å². The number of hydrogen-bond donors (Lipinski definition) is 2. The molecule has 0 radical (unpaired) electrons. The molecular formula is C16H15ClN2OS. The molecule has 0 atom stereocenters. The Labute approximate surface area is 131 Å². The van der Waals surface area contributed by atoms with Crippen molar-refractivity contribution in [2.75, 3.05) is 0 Å². The Kier molecular flexibility index (Phi) is 4.27. The summed E-state index contributed by atoms with van der Waals surface area (Å²) in [7, 11) is 0. The van der Waals surface area contributed by atoms with Gasteiger partial charge in [0.2, 0.25) is 5.91 Å². The van der Waals surface area contributed by atoms with Gasteiger partial charge in [0, 0.05) is 28.4 Å². The lowest BCUT2D eigenvalue weighted by Crippen LogP contribution is -2.22. The number of carbonyl (C=O) groups is 1. The average Bonchev–Trinajstić information content (AvgIpc) is 3.09. The molecule has 0 fully saturated rings. The molecule has 1 amide bonds. The van der Waals surface area contributed by atoms with E-state index in [1.807, 2.05) is 36.5 Å². The monoisotopic (exact) mass is 318 g/mol. The summed E-state index contributed by atoms with van der Waals surface area (Å²) >= 11 is 7.36. The number of halogens is 1. The number of thiophene rings is 1.